The maximum Gasteiger partial charge on any atom is 0.328 e. The second kappa shape index (κ2) is 10.9. The first-order chi connectivity index (χ1) is 13.8. The first-order valence-electron chi connectivity index (χ1n) is 8.92. The van der Waals surface area contributed by atoms with Crippen molar-refractivity contribution < 1.29 is 23.5 Å². The topological polar surface area (TPSA) is 84.5 Å². The highest BCUT2D eigenvalue weighted by Gasteiger charge is 2.27. The van der Waals surface area contributed by atoms with E-state index in [-0.39, 0.29) is 18.7 Å². The van der Waals surface area contributed by atoms with Crippen molar-refractivity contribution in [2.24, 2.45) is 0 Å². The van der Waals surface area contributed by atoms with Gasteiger partial charge < -0.3 is 15.4 Å². The number of carbonyl (C=O) groups is 3. The monoisotopic (exact) mass is 512 g/mol. The molecule has 2 rings (SSSR count). The lowest BCUT2D eigenvalue weighted by Crippen LogP contribution is -2.53. The van der Waals surface area contributed by atoms with Gasteiger partial charge in [0.05, 0.1) is 7.11 Å². The minimum Gasteiger partial charge on any atom is -0.467 e. The number of methoxy groups -OCH3 is 1. The summed E-state index contributed by atoms with van der Waals surface area (Å²) in [4.78, 5) is 36.6. The fourth-order valence-corrected chi connectivity index (χ4v) is 3.13. The zero-order valence-corrected chi connectivity index (χ0v) is 18.2. The molecule has 2 aromatic carbocycles. The summed E-state index contributed by atoms with van der Waals surface area (Å²) >= 11 is 2.18. The Bertz CT molecular complexity index is 856. The summed E-state index contributed by atoms with van der Waals surface area (Å²) in [5.74, 6) is -1.89. The van der Waals surface area contributed by atoms with Gasteiger partial charge in [-0.3, -0.25) is 9.59 Å². The van der Waals surface area contributed by atoms with Gasteiger partial charge in [-0.2, -0.15) is 0 Å². The standard InChI is InChI=1S/C21H22FIN2O4/c1-13(26)24-18(11-14-3-7-16(22)8-4-14)20(27)25-19(21(28)29-2)12-15-5-9-17(23)10-6-15/h3-10,18-19H,11-12H2,1-2H3,(H,24,26)(H,25,27)/t18-,19+/m0/s1. The Kier molecular flexibility index (Phi) is 8.56. The van der Waals surface area contributed by atoms with E-state index in [0.717, 1.165) is 9.13 Å². The Morgan fingerprint density at radius 1 is 0.931 bits per heavy atom. The van der Waals surface area contributed by atoms with Gasteiger partial charge in [0.25, 0.3) is 0 Å². The summed E-state index contributed by atoms with van der Waals surface area (Å²) in [6, 6.07) is 11.4. The van der Waals surface area contributed by atoms with Crippen LogP contribution in [0.4, 0.5) is 4.39 Å². The van der Waals surface area contributed by atoms with Gasteiger partial charge in [0.15, 0.2) is 0 Å². The summed E-state index contributed by atoms with van der Waals surface area (Å²) < 4.78 is 19.0. The third kappa shape index (κ3) is 7.45. The first-order valence-corrected chi connectivity index (χ1v) is 10.0. The van der Waals surface area contributed by atoms with Crippen LogP contribution < -0.4 is 10.6 Å². The molecule has 6 nitrogen and oxygen atoms in total. The van der Waals surface area contributed by atoms with E-state index < -0.39 is 29.8 Å². The first kappa shape index (κ1) is 22.8. The van der Waals surface area contributed by atoms with Crippen LogP contribution in [-0.4, -0.2) is 37.0 Å². The number of benzene rings is 2. The van der Waals surface area contributed by atoms with Gasteiger partial charge in [0.1, 0.15) is 17.9 Å². The van der Waals surface area contributed by atoms with Crippen LogP contribution in [0.2, 0.25) is 0 Å². The molecule has 0 aliphatic carbocycles. The number of esters is 1. The SMILES string of the molecule is COC(=O)[C@@H](Cc1ccc(I)cc1)NC(=O)[C@H](Cc1ccc(F)cc1)NC(C)=O. The van der Waals surface area contributed by atoms with Crippen LogP contribution >= 0.6 is 22.6 Å². The van der Waals surface area contributed by atoms with Crippen molar-refractivity contribution in [2.75, 3.05) is 7.11 Å². The average molecular weight is 512 g/mol. The smallest absolute Gasteiger partial charge is 0.328 e. The molecular weight excluding hydrogens is 490 g/mol. The molecular formula is C21H22FIN2O4. The van der Waals surface area contributed by atoms with E-state index in [0.29, 0.717) is 5.56 Å². The quantitative estimate of drug-likeness (QED) is 0.421. The molecule has 29 heavy (non-hydrogen) atoms. The zero-order valence-electron chi connectivity index (χ0n) is 16.1. The molecule has 0 heterocycles. The molecule has 2 aromatic rings. The minimum absolute atomic E-state index is 0.156. The molecule has 0 saturated carbocycles. The maximum atomic E-state index is 13.1. The molecule has 0 bridgehead atoms. The van der Waals surface area contributed by atoms with E-state index in [1.165, 1.54) is 26.2 Å². The van der Waals surface area contributed by atoms with Crippen LogP contribution in [0, 0.1) is 9.39 Å². The van der Waals surface area contributed by atoms with Gasteiger partial charge in [-0.05, 0) is 58.0 Å². The van der Waals surface area contributed by atoms with Crippen molar-refractivity contribution >= 4 is 40.4 Å². The van der Waals surface area contributed by atoms with Crippen molar-refractivity contribution in [3.05, 3.63) is 69.0 Å². The molecule has 0 fully saturated rings. The molecule has 0 saturated heterocycles. The van der Waals surface area contributed by atoms with Crippen LogP contribution in [0.25, 0.3) is 0 Å². The van der Waals surface area contributed by atoms with E-state index in [1.807, 2.05) is 24.3 Å². The summed E-state index contributed by atoms with van der Waals surface area (Å²) in [5.41, 5.74) is 1.53. The molecule has 0 aromatic heterocycles. The van der Waals surface area contributed by atoms with Gasteiger partial charge in [-0.25, -0.2) is 9.18 Å². The lowest BCUT2D eigenvalue weighted by atomic mass is 10.0. The number of halogens is 2. The second-order valence-electron chi connectivity index (χ2n) is 6.50. The van der Waals surface area contributed by atoms with Gasteiger partial charge in [0.2, 0.25) is 11.8 Å². The predicted molar refractivity (Wildman–Crippen MR) is 115 cm³/mol. The highest BCUT2D eigenvalue weighted by molar-refractivity contribution is 14.1. The third-order valence-electron chi connectivity index (χ3n) is 4.20. The van der Waals surface area contributed by atoms with Crippen LogP contribution in [0.3, 0.4) is 0 Å². The van der Waals surface area contributed by atoms with Gasteiger partial charge in [-0.15, -0.1) is 0 Å². The molecule has 0 spiro atoms. The van der Waals surface area contributed by atoms with Crippen LogP contribution in [-0.2, 0) is 32.0 Å². The molecule has 0 aliphatic heterocycles. The molecule has 2 amide bonds. The number of hydrogen-bond acceptors (Lipinski definition) is 4. The molecule has 0 radical (unpaired) electrons. The molecule has 0 aliphatic rings. The third-order valence-corrected chi connectivity index (χ3v) is 4.92. The van der Waals surface area contributed by atoms with Gasteiger partial charge in [-0.1, -0.05) is 24.3 Å². The van der Waals surface area contributed by atoms with E-state index in [9.17, 15) is 18.8 Å². The number of ether oxygens (including phenoxy) is 1. The Morgan fingerprint density at radius 3 is 1.97 bits per heavy atom. The number of carbonyl (C=O) groups excluding carboxylic acids is 3. The molecule has 154 valence electrons. The summed E-state index contributed by atoms with van der Waals surface area (Å²) in [6.07, 6.45) is 0.405. The van der Waals surface area contributed by atoms with Crippen molar-refractivity contribution in [1.29, 1.82) is 0 Å². The molecule has 8 heteroatoms. The summed E-state index contributed by atoms with van der Waals surface area (Å²) in [6.45, 7) is 1.30. The Balaban J connectivity index is 2.15. The van der Waals surface area contributed by atoms with E-state index in [1.54, 1.807) is 12.1 Å². The van der Waals surface area contributed by atoms with Crippen LogP contribution in [0.5, 0.6) is 0 Å². The highest BCUT2D eigenvalue weighted by atomic mass is 127. The normalized spacial score (nSPS) is 12.6. The minimum atomic E-state index is -0.915. The van der Waals surface area contributed by atoms with Crippen LogP contribution in [0.15, 0.2) is 48.5 Å². The van der Waals surface area contributed by atoms with E-state index in [2.05, 4.69) is 33.2 Å². The van der Waals surface area contributed by atoms with Crippen molar-refractivity contribution in [3.63, 3.8) is 0 Å². The Morgan fingerprint density at radius 2 is 1.45 bits per heavy atom. The second-order valence-corrected chi connectivity index (χ2v) is 7.74. The maximum absolute atomic E-state index is 13.1. The fourth-order valence-electron chi connectivity index (χ4n) is 2.77. The predicted octanol–water partition coefficient (Wildman–Crippen LogP) is 2.38. The van der Waals surface area contributed by atoms with Crippen LogP contribution in [0.1, 0.15) is 18.1 Å². The lowest BCUT2D eigenvalue weighted by molar-refractivity contribution is -0.145. The Hall–Kier alpha value is -2.49. The fraction of sp³-hybridized carbons (Fsp3) is 0.286. The van der Waals surface area contributed by atoms with Gasteiger partial charge >= 0.3 is 5.97 Å². The summed E-state index contributed by atoms with van der Waals surface area (Å²) in [5, 5.41) is 5.24. The van der Waals surface area contributed by atoms with Crippen molar-refractivity contribution in [2.45, 2.75) is 31.8 Å². The average Bonchev–Trinajstić information content (AvgIpc) is 2.69. The molecule has 0 unspecified atom stereocenters. The molecule has 2 atom stereocenters. The largest absolute Gasteiger partial charge is 0.467 e. The lowest BCUT2D eigenvalue weighted by Gasteiger charge is -2.22. The number of nitrogens with one attached hydrogen (secondary N) is 2. The van der Waals surface area contributed by atoms with Gasteiger partial charge in [0, 0.05) is 23.3 Å². The zero-order chi connectivity index (χ0) is 21.4. The van der Waals surface area contributed by atoms with Crippen molar-refractivity contribution in [3.8, 4) is 0 Å². The number of rotatable bonds is 8. The number of amides is 2. The highest BCUT2D eigenvalue weighted by Crippen LogP contribution is 2.11. The van der Waals surface area contributed by atoms with E-state index >= 15 is 0 Å². The number of hydrogen-bond donors (Lipinski definition) is 2. The van der Waals surface area contributed by atoms with Crippen molar-refractivity contribution in [1.82, 2.24) is 10.6 Å². The molecule has 2 N–H and O–H groups in total. The van der Waals surface area contributed by atoms with E-state index in [4.69, 9.17) is 4.74 Å². The Labute approximate surface area is 182 Å². The summed E-state index contributed by atoms with van der Waals surface area (Å²) in [7, 11) is 1.25.